The molecular weight excluding hydrogens is 444 g/mol. The lowest BCUT2D eigenvalue weighted by molar-refractivity contribution is -0.330. The summed E-state index contributed by atoms with van der Waals surface area (Å²) >= 11 is 0. The number of ether oxygens (including phenoxy) is 1. The fourth-order valence-electron chi connectivity index (χ4n) is 4.53. The van der Waals surface area contributed by atoms with Crippen molar-refractivity contribution in [2.24, 2.45) is 0 Å². The molecule has 8 nitrogen and oxygen atoms in total. The molecule has 0 spiro atoms. The number of aromatic nitrogens is 2. The maximum absolute atomic E-state index is 13.5. The van der Waals surface area contributed by atoms with E-state index in [2.05, 4.69) is 9.97 Å². The Hall–Kier alpha value is -4.55. The number of rotatable bonds is 4. The van der Waals surface area contributed by atoms with Crippen LogP contribution in [0.25, 0.3) is 11.0 Å². The number of aryl methyl sites for hydroxylation is 1. The van der Waals surface area contributed by atoms with Crippen LogP contribution in [0.3, 0.4) is 0 Å². The summed E-state index contributed by atoms with van der Waals surface area (Å²) in [7, 11) is 1.47. The fraction of sp³-hybridized carbons (Fsp3) is 0.185. The normalized spacial score (nSPS) is 13.2. The maximum atomic E-state index is 13.5. The van der Waals surface area contributed by atoms with E-state index in [1.807, 2.05) is 35.2 Å². The van der Waals surface area contributed by atoms with E-state index in [-0.39, 0.29) is 11.3 Å². The minimum atomic E-state index is -0.581. The summed E-state index contributed by atoms with van der Waals surface area (Å²) in [5.74, 6) is 0.514. The van der Waals surface area contributed by atoms with Crippen molar-refractivity contribution in [2.75, 3.05) is 18.6 Å². The number of benzene rings is 3. The van der Waals surface area contributed by atoms with E-state index < -0.39 is 5.91 Å². The number of hydrogen-bond acceptors (Lipinski definition) is 6. The van der Waals surface area contributed by atoms with Gasteiger partial charge in [0.25, 0.3) is 5.69 Å². The average Bonchev–Trinajstić information content (AvgIpc) is 3.19. The molecular formula is C27H23N4O4+. The lowest BCUT2D eigenvalue weighted by atomic mass is 10.1. The van der Waals surface area contributed by atoms with Crippen LogP contribution in [0.4, 0.5) is 17.1 Å². The van der Waals surface area contributed by atoms with Crippen molar-refractivity contribution >= 4 is 45.9 Å². The predicted molar refractivity (Wildman–Crippen MR) is 131 cm³/mol. The smallest absolute Gasteiger partial charge is 0.440 e. The second-order valence-corrected chi connectivity index (χ2v) is 8.31. The van der Waals surface area contributed by atoms with Gasteiger partial charge in [0.2, 0.25) is 0 Å². The van der Waals surface area contributed by atoms with Gasteiger partial charge in [-0.3, -0.25) is 4.79 Å². The second kappa shape index (κ2) is 9.00. The molecule has 1 amide bonds. The van der Waals surface area contributed by atoms with Crippen LogP contribution in [0.15, 0.2) is 60.7 Å². The predicted octanol–water partition coefficient (Wildman–Crippen LogP) is 4.81. The molecule has 4 aromatic rings. The Kier molecular flexibility index (Phi) is 5.73. The first kappa shape index (κ1) is 22.3. The van der Waals surface area contributed by atoms with Crippen LogP contribution in [0.5, 0.6) is 5.75 Å². The Morgan fingerprint density at radius 2 is 1.97 bits per heavy atom. The Morgan fingerprint density at radius 1 is 1.14 bits per heavy atom. The van der Waals surface area contributed by atoms with Crippen LogP contribution >= 0.6 is 0 Å². The molecule has 0 bridgehead atoms. The van der Waals surface area contributed by atoms with Crippen LogP contribution < -0.4 is 9.64 Å². The number of nitrogens with zero attached hydrogens (tertiary/aromatic N) is 3. The van der Waals surface area contributed by atoms with Crippen molar-refractivity contribution in [2.45, 2.75) is 19.8 Å². The monoisotopic (exact) mass is 467 g/mol. The van der Waals surface area contributed by atoms with Gasteiger partial charge in [0.1, 0.15) is 17.1 Å². The zero-order valence-electron chi connectivity index (χ0n) is 19.4. The van der Waals surface area contributed by atoms with Gasteiger partial charge in [-0.15, -0.1) is 0 Å². The van der Waals surface area contributed by atoms with E-state index in [0.29, 0.717) is 53.2 Å². The molecule has 5 rings (SSSR count). The van der Waals surface area contributed by atoms with Crippen LogP contribution in [-0.4, -0.2) is 46.0 Å². The minimum Gasteiger partial charge on any atom is -0.496 e. The van der Waals surface area contributed by atoms with E-state index >= 15 is 0 Å². The summed E-state index contributed by atoms with van der Waals surface area (Å²) < 4.78 is 6.48. The van der Waals surface area contributed by atoms with Gasteiger partial charge in [-0.25, -0.2) is 9.78 Å². The fourth-order valence-corrected chi connectivity index (χ4v) is 4.53. The van der Waals surface area contributed by atoms with Gasteiger partial charge in [0.15, 0.2) is 11.3 Å². The molecule has 35 heavy (non-hydrogen) atoms. The molecule has 174 valence electrons. The minimum absolute atomic E-state index is 0.113. The highest BCUT2D eigenvalue weighted by atomic mass is 16.5. The summed E-state index contributed by atoms with van der Waals surface area (Å²) in [6.45, 7) is 2.45. The number of Topliss-reactive ketones (excluding diaryl/α,β-unsaturated/α-hetero) is 1. The summed E-state index contributed by atoms with van der Waals surface area (Å²) in [6.07, 6.45) is 2.93. The van der Waals surface area contributed by atoms with Crippen LogP contribution in [0.2, 0.25) is 0 Å². The molecule has 0 aliphatic carbocycles. The van der Waals surface area contributed by atoms with Crippen molar-refractivity contribution in [3.05, 3.63) is 77.6 Å². The van der Waals surface area contributed by atoms with Gasteiger partial charge in [-0.2, -0.15) is 4.79 Å². The van der Waals surface area contributed by atoms with E-state index in [4.69, 9.17) is 4.74 Å². The van der Waals surface area contributed by atoms with Gasteiger partial charge < -0.3 is 14.6 Å². The third kappa shape index (κ3) is 3.90. The number of aromatic amines is 1. The van der Waals surface area contributed by atoms with Gasteiger partial charge in [-0.05, 0) is 48.3 Å². The van der Waals surface area contributed by atoms with Crippen molar-refractivity contribution in [1.29, 1.82) is 0 Å². The Balaban J connectivity index is 1.56. The summed E-state index contributed by atoms with van der Waals surface area (Å²) in [5.41, 5.74) is 4.04. The number of amides is 1. The number of hydrogen-bond donors (Lipinski definition) is 1. The maximum Gasteiger partial charge on any atom is 0.440 e. The number of H-pyrrole nitrogens is 1. The van der Waals surface area contributed by atoms with Crippen LogP contribution in [0, 0.1) is 6.92 Å². The summed E-state index contributed by atoms with van der Waals surface area (Å²) in [5, 5.41) is 0. The average molecular weight is 468 g/mol. The third-order valence-corrected chi connectivity index (χ3v) is 6.15. The zero-order valence-corrected chi connectivity index (χ0v) is 19.4. The largest absolute Gasteiger partial charge is 0.496 e. The number of carbonyl (C=O) groups excluding carboxylic acids is 3. The SMILES string of the molecule is COc1cc(N2CCCC(=O)c3ccccc32)ccc1C(=O)[N+](=C=O)c1cccc2[nH]c(C)nc12. The molecule has 1 aromatic heterocycles. The Morgan fingerprint density at radius 3 is 2.77 bits per heavy atom. The molecule has 1 aliphatic heterocycles. The molecule has 3 aromatic carbocycles. The highest BCUT2D eigenvalue weighted by Crippen LogP contribution is 2.36. The first-order chi connectivity index (χ1) is 17.0. The van der Waals surface area contributed by atoms with Crippen molar-refractivity contribution < 1.29 is 23.7 Å². The molecule has 2 heterocycles. The molecule has 1 N–H and O–H groups in total. The second-order valence-electron chi connectivity index (χ2n) is 8.31. The van der Waals surface area contributed by atoms with Crippen LogP contribution in [-0.2, 0) is 4.79 Å². The van der Waals surface area contributed by atoms with E-state index in [9.17, 15) is 14.4 Å². The quantitative estimate of drug-likeness (QED) is 0.263. The van der Waals surface area contributed by atoms with Crippen LogP contribution in [0.1, 0.15) is 39.4 Å². The number of para-hydroxylation sites is 2. The number of fused-ring (bicyclic) bond motifs is 2. The molecule has 0 unspecified atom stereocenters. The zero-order chi connectivity index (χ0) is 24.5. The summed E-state index contributed by atoms with van der Waals surface area (Å²) in [6, 6.07) is 17.9. The highest BCUT2D eigenvalue weighted by Gasteiger charge is 2.31. The molecule has 1 aliphatic rings. The van der Waals surface area contributed by atoms with Gasteiger partial charge in [0, 0.05) is 36.3 Å². The number of carbonyl (C=O) groups is 2. The lowest BCUT2D eigenvalue weighted by Gasteiger charge is -2.25. The molecule has 0 atom stereocenters. The van der Waals surface area contributed by atoms with Crippen molar-refractivity contribution in [3.63, 3.8) is 0 Å². The topological polar surface area (TPSA) is 95.4 Å². The van der Waals surface area contributed by atoms with E-state index in [1.54, 1.807) is 43.3 Å². The first-order valence-electron chi connectivity index (χ1n) is 11.3. The Labute approximate surface area is 201 Å². The number of nitrogens with one attached hydrogen (secondary N) is 1. The number of imidazole rings is 1. The van der Waals surface area contributed by atoms with Gasteiger partial charge >= 0.3 is 12.0 Å². The molecule has 0 fully saturated rings. The first-order valence-corrected chi connectivity index (χ1v) is 11.3. The number of ketones is 1. The molecule has 0 saturated carbocycles. The number of methoxy groups -OCH3 is 1. The highest BCUT2D eigenvalue weighted by molar-refractivity contribution is 6.03. The molecule has 8 heteroatoms. The van der Waals surface area contributed by atoms with Gasteiger partial charge in [-0.1, -0.05) is 18.2 Å². The van der Waals surface area contributed by atoms with E-state index in [1.165, 1.54) is 7.11 Å². The van der Waals surface area contributed by atoms with E-state index in [0.717, 1.165) is 16.0 Å². The molecule has 0 radical (unpaired) electrons. The van der Waals surface area contributed by atoms with Crippen molar-refractivity contribution in [1.82, 2.24) is 9.97 Å². The third-order valence-electron chi connectivity index (χ3n) is 6.15. The standard InChI is InChI=1S/C27H23N4O4/c1-17-28-21-8-5-10-23(26(21)29-17)31(16-32)27(34)20-13-12-18(15-25(20)35-2)30-14-6-11-24(33)19-7-3-4-9-22(19)30/h3-5,7-10,12-13,15H,6,11,14H2,1-2H3,(H,28,29)/q+1. The Bertz CT molecular complexity index is 1530. The summed E-state index contributed by atoms with van der Waals surface area (Å²) in [4.78, 5) is 47.5. The number of anilines is 2. The number of isocyanates is 1. The van der Waals surface area contributed by atoms with Crippen molar-refractivity contribution in [3.8, 4) is 5.75 Å². The lowest BCUT2D eigenvalue weighted by Crippen LogP contribution is -2.20. The van der Waals surface area contributed by atoms with Gasteiger partial charge in [0.05, 0.1) is 18.3 Å². The molecule has 0 saturated heterocycles.